The van der Waals surface area contributed by atoms with Gasteiger partial charge < -0.3 is 15.0 Å². The lowest BCUT2D eigenvalue weighted by molar-refractivity contribution is -0.113. The Bertz CT molecular complexity index is 766. The molecular weight excluding hydrogens is 350 g/mol. The van der Waals surface area contributed by atoms with E-state index >= 15 is 0 Å². The molecule has 1 saturated carbocycles. The van der Waals surface area contributed by atoms with Crippen LogP contribution in [0.25, 0.3) is 0 Å². The van der Waals surface area contributed by atoms with Gasteiger partial charge in [-0.05, 0) is 49.9 Å². The maximum absolute atomic E-state index is 12.3. The summed E-state index contributed by atoms with van der Waals surface area (Å²) in [4.78, 5) is 14.6. The second-order valence-electron chi connectivity index (χ2n) is 6.64. The Morgan fingerprint density at radius 3 is 2.62 bits per heavy atom. The van der Waals surface area contributed by atoms with E-state index < -0.39 is 0 Å². The molecule has 0 unspecified atom stereocenters. The van der Waals surface area contributed by atoms with E-state index in [2.05, 4.69) is 25.0 Å². The van der Waals surface area contributed by atoms with Crippen molar-refractivity contribution in [3.05, 3.63) is 24.3 Å². The van der Waals surface area contributed by atoms with E-state index in [0.29, 0.717) is 11.8 Å². The summed E-state index contributed by atoms with van der Waals surface area (Å²) in [7, 11) is 1.62. The van der Waals surface area contributed by atoms with Crippen molar-refractivity contribution in [3.63, 3.8) is 0 Å². The number of ether oxygens (including phenoxy) is 1. The van der Waals surface area contributed by atoms with E-state index in [1.54, 1.807) is 7.11 Å². The summed E-state index contributed by atoms with van der Waals surface area (Å²) in [6, 6.07) is 7.82. The average molecular weight is 373 g/mol. The summed E-state index contributed by atoms with van der Waals surface area (Å²) >= 11 is 1.46. The minimum atomic E-state index is -0.0479. The lowest BCUT2D eigenvalue weighted by atomic mass is 10.3. The summed E-state index contributed by atoms with van der Waals surface area (Å²) in [5, 5.41) is 12.5. The molecule has 0 bridgehead atoms. The molecular formula is C18H23N5O2S. The van der Waals surface area contributed by atoms with Crippen molar-refractivity contribution in [3.8, 4) is 5.75 Å². The van der Waals surface area contributed by atoms with Gasteiger partial charge in [0.15, 0.2) is 5.16 Å². The highest BCUT2D eigenvalue weighted by atomic mass is 32.2. The van der Waals surface area contributed by atoms with E-state index in [-0.39, 0.29) is 5.91 Å². The summed E-state index contributed by atoms with van der Waals surface area (Å²) in [5.74, 6) is 2.01. The average Bonchev–Trinajstić information content (AvgIpc) is 3.18. The van der Waals surface area contributed by atoms with Gasteiger partial charge >= 0.3 is 0 Å². The zero-order chi connectivity index (χ0) is 17.9. The third-order valence-electron chi connectivity index (χ3n) is 4.65. The predicted octanol–water partition coefficient (Wildman–Crippen LogP) is 2.95. The number of benzene rings is 1. The van der Waals surface area contributed by atoms with Gasteiger partial charge in [0.1, 0.15) is 5.75 Å². The SMILES string of the molecule is COc1ccc(NC(=O)CSc2nnc(N3CCCC3)n2C2CC2)cc1. The van der Waals surface area contributed by atoms with E-state index in [9.17, 15) is 4.79 Å². The van der Waals surface area contributed by atoms with Gasteiger partial charge in [0.05, 0.1) is 12.9 Å². The fourth-order valence-corrected chi connectivity index (χ4v) is 3.96. The normalized spacial score (nSPS) is 16.7. The van der Waals surface area contributed by atoms with Crippen molar-refractivity contribution in [2.75, 3.05) is 36.2 Å². The number of aromatic nitrogens is 3. The Morgan fingerprint density at radius 1 is 1.23 bits per heavy atom. The lowest BCUT2D eigenvalue weighted by Gasteiger charge is -2.17. The van der Waals surface area contributed by atoms with Crippen LogP contribution in [0.3, 0.4) is 0 Å². The van der Waals surface area contributed by atoms with Crippen LogP contribution in [0.15, 0.2) is 29.4 Å². The molecule has 1 aliphatic heterocycles. The number of thioether (sulfide) groups is 1. The van der Waals surface area contributed by atoms with Crippen molar-refractivity contribution in [2.24, 2.45) is 0 Å². The summed E-state index contributed by atoms with van der Waals surface area (Å²) in [6.45, 7) is 2.10. The minimum Gasteiger partial charge on any atom is -0.497 e. The number of hydrogen-bond acceptors (Lipinski definition) is 6. The van der Waals surface area contributed by atoms with Crippen molar-refractivity contribution in [1.82, 2.24) is 14.8 Å². The second-order valence-corrected chi connectivity index (χ2v) is 7.59. The third kappa shape index (κ3) is 3.80. The number of carbonyl (C=O) groups excluding carboxylic acids is 1. The van der Waals surface area contributed by atoms with Crippen LogP contribution in [0.2, 0.25) is 0 Å². The van der Waals surface area contributed by atoms with Gasteiger partial charge in [0.25, 0.3) is 0 Å². The molecule has 1 amide bonds. The molecule has 7 nitrogen and oxygen atoms in total. The molecule has 1 N–H and O–H groups in total. The Morgan fingerprint density at radius 2 is 1.96 bits per heavy atom. The van der Waals surface area contributed by atoms with Crippen molar-refractivity contribution in [2.45, 2.75) is 36.9 Å². The highest BCUT2D eigenvalue weighted by Gasteiger charge is 2.32. The molecule has 1 saturated heterocycles. The number of nitrogens with one attached hydrogen (secondary N) is 1. The third-order valence-corrected chi connectivity index (χ3v) is 5.60. The molecule has 4 rings (SSSR count). The molecule has 2 aromatic rings. The van der Waals surface area contributed by atoms with Crippen LogP contribution in [0.1, 0.15) is 31.7 Å². The lowest BCUT2D eigenvalue weighted by Crippen LogP contribution is -2.22. The van der Waals surface area contributed by atoms with Crippen LogP contribution < -0.4 is 15.0 Å². The van der Waals surface area contributed by atoms with Crippen molar-refractivity contribution in [1.29, 1.82) is 0 Å². The molecule has 0 radical (unpaired) electrons. The van der Waals surface area contributed by atoms with Crippen LogP contribution in [0, 0.1) is 0 Å². The van der Waals surface area contributed by atoms with Gasteiger partial charge in [-0.3, -0.25) is 9.36 Å². The van der Waals surface area contributed by atoms with Crippen LogP contribution in [-0.4, -0.2) is 46.6 Å². The van der Waals surface area contributed by atoms with Crippen LogP contribution in [-0.2, 0) is 4.79 Å². The zero-order valence-electron chi connectivity index (χ0n) is 14.9. The number of nitrogens with zero attached hydrogens (tertiary/aromatic N) is 4. The van der Waals surface area contributed by atoms with Gasteiger partial charge in [-0.25, -0.2) is 0 Å². The first-order chi connectivity index (χ1) is 12.7. The van der Waals surface area contributed by atoms with E-state index in [0.717, 1.165) is 35.6 Å². The molecule has 2 aliphatic rings. The summed E-state index contributed by atoms with van der Waals surface area (Å²) in [5.41, 5.74) is 0.762. The number of hydrogen-bond donors (Lipinski definition) is 1. The van der Waals surface area contributed by atoms with Gasteiger partial charge in [-0.2, -0.15) is 0 Å². The van der Waals surface area contributed by atoms with Crippen molar-refractivity contribution >= 4 is 29.3 Å². The fourth-order valence-electron chi connectivity index (χ4n) is 3.15. The highest BCUT2D eigenvalue weighted by molar-refractivity contribution is 7.99. The standard InChI is InChI=1S/C18H23N5O2S/c1-25-15-8-4-13(5-9-15)19-16(24)12-26-18-21-20-17(22-10-2-3-11-22)23(18)14-6-7-14/h4-5,8-9,14H,2-3,6-7,10-12H2,1H3,(H,19,24). The Hall–Kier alpha value is -2.22. The smallest absolute Gasteiger partial charge is 0.234 e. The highest BCUT2D eigenvalue weighted by Crippen LogP contribution is 2.41. The molecule has 2 heterocycles. The Labute approximate surface area is 157 Å². The quantitative estimate of drug-likeness (QED) is 0.753. The maximum Gasteiger partial charge on any atom is 0.234 e. The fraction of sp³-hybridized carbons (Fsp3) is 0.500. The second kappa shape index (κ2) is 7.57. The minimum absolute atomic E-state index is 0.0479. The monoisotopic (exact) mass is 373 g/mol. The number of rotatable bonds is 7. The first-order valence-electron chi connectivity index (χ1n) is 9.01. The summed E-state index contributed by atoms with van der Waals surface area (Å²) < 4.78 is 7.36. The Kier molecular flexibility index (Phi) is 5.01. The number of methoxy groups -OCH3 is 1. The van der Waals surface area contributed by atoms with Crippen LogP contribution in [0.5, 0.6) is 5.75 Å². The first kappa shape index (κ1) is 17.2. The van der Waals surface area contributed by atoms with E-state index in [1.807, 2.05) is 24.3 Å². The predicted molar refractivity (Wildman–Crippen MR) is 102 cm³/mol. The molecule has 1 aromatic heterocycles. The molecule has 8 heteroatoms. The molecule has 1 aromatic carbocycles. The molecule has 0 atom stereocenters. The zero-order valence-corrected chi connectivity index (χ0v) is 15.7. The van der Waals surface area contributed by atoms with Gasteiger partial charge in [0, 0.05) is 24.8 Å². The number of anilines is 2. The largest absolute Gasteiger partial charge is 0.497 e. The molecule has 2 fully saturated rings. The maximum atomic E-state index is 12.3. The van der Waals surface area contributed by atoms with E-state index in [1.165, 1.54) is 37.4 Å². The van der Waals surface area contributed by atoms with Crippen LogP contribution >= 0.6 is 11.8 Å². The van der Waals surface area contributed by atoms with Crippen LogP contribution in [0.4, 0.5) is 11.6 Å². The molecule has 1 aliphatic carbocycles. The topological polar surface area (TPSA) is 72.3 Å². The summed E-state index contributed by atoms with van der Waals surface area (Å²) in [6.07, 6.45) is 4.77. The number of amides is 1. The first-order valence-corrected chi connectivity index (χ1v) is 10.00. The van der Waals surface area contributed by atoms with Crippen molar-refractivity contribution < 1.29 is 9.53 Å². The molecule has 138 valence electrons. The molecule has 0 spiro atoms. The Balaban J connectivity index is 1.38. The van der Waals surface area contributed by atoms with Gasteiger partial charge in [-0.1, -0.05) is 11.8 Å². The van der Waals surface area contributed by atoms with Gasteiger partial charge in [0.2, 0.25) is 11.9 Å². The van der Waals surface area contributed by atoms with Gasteiger partial charge in [-0.15, -0.1) is 10.2 Å². The number of carbonyl (C=O) groups is 1. The molecule has 26 heavy (non-hydrogen) atoms. The van der Waals surface area contributed by atoms with E-state index in [4.69, 9.17) is 4.74 Å².